The molecule has 4 rings (SSSR count). The molecule has 3 aromatic heterocycles. The minimum absolute atomic E-state index is 0.341. The molecular weight excluding hydrogens is 459 g/mol. The van der Waals surface area contributed by atoms with Gasteiger partial charge in [-0.05, 0) is 18.7 Å². The average Bonchev–Trinajstić information content (AvgIpc) is 3.22. The van der Waals surface area contributed by atoms with Gasteiger partial charge in [-0.2, -0.15) is 0 Å². The summed E-state index contributed by atoms with van der Waals surface area (Å²) in [5, 5.41) is 2.11. The smallest absolute Gasteiger partial charge is 0.189 e. The van der Waals surface area contributed by atoms with Gasteiger partial charge in [-0.1, -0.05) is 35.0 Å². The number of aromatic nitrogens is 4. The van der Waals surface area contributed by atoms with Crippen LogP contribution in [-0.2, 0) is 11.2 Å². The molecule has 0 aliphatic carbocycles. The highest BCUT2D eigenvalue weighted by atomic mass is 35.5. The quantitative estimate of drug-likeness (QED) is 0.208. The van der Waals surface area contributed by atoms with Crippen LogP contribution in [0.4, 0.5) is 0 Å². The molecule has 0 aliphatic heterocycles. The van der Waals surface area contributed by atoms with Crippen molar-refractivity contribution in [1.29, 1.82) is 0 Å². The van der Waals surface area contributed by atoms with Gasteiger partial charge in [-0.15, -0.1) is 0 Å². The summed E-state index contributed by atoms with van der Waals surface area (Å²) in [6.45, 7) is 0. The number of ether oxygens (including phenoxy) is 2. The number of hydrogen-bond acceptors (Lipinski definition) is 7. The molecule has 0 aliphatic rings. The maximum atomic E-state index is 10.9. The summed E-state index contributed by atoms with van der Waals surface area (Å²) in [4.78, 5) is 24.7. The van der Waals surface area contributed by atoms with Crippen LogP contribution in [0.5, 0.6) is 11.5 Å². The van der Waals surface area contributed by atoms with Crippen molar-refractivity contribution in [1.82, 2.24) is 19.4 Å². The van der Waals surface area contributed by atoms with Crippen molar-refractivity contribution in [2.75, 3.05) is 20.5 Å². The summed E-state index contributed by atoms with van der Waals surface area (Å²) in [5.74, 6) is 0.857. The van der Waals surface area contributed by atoms with Gasteiger partial charge in [-0.25, -0.2) is 15.0 Å². The van der Waals surface area contributed by atoms with E-state index >= 15 is 0 Å². The minimum Gasteiger partial charge on any atom is -0.495 e. The van der Waals surface area contributed by atoms with Crippen molar-refractivity contribution < 1.29 is 14.3 Å². The van der Waals surface area contributed by atoms with E-state index < -0.39 is 0 Å². The monoisotopic (exact) mass is 476 g/mol. The molecule has 0 bridgehead atoms. The van der Waals surface area contributed by atoms with E-state index in [1.165, 1.54) is 26.0 Å². The van der Waals surface area contributed by atoms with Crippen LogP contribution in [-0.4, -0.2) is 46.1 Å². The zero-order valence-electron chi connectivity index (χ0n) is 17.0. The Morgan fingerprint density at radius 2 is 1.81 bits per heavy atom. The molecule has 160 valence electrons. The molecule has 0 amide bonds. The first-order chi connectivity index (χ1) is 15.0. The van der Waals surface area contributed by atoms with Crippen molar-refractivity contribution >= 4 is 57.9 Å². The van der Waals surface area contributed by atoms with Gasteiger partial charge in [0.1, 0.15) is 29.1 Å². The lowest BCUT2D eigenvalue weighted by Crippen LogP contribution is -1.98. The lowest BCUT2D eigenvalue weighted by Gasteiger charge is -2.16. The summed E-state index contributed by atoms with van der Waals surface area (Å²) < 4.78 is 12.7. The summed E-state index contributed by atoms with van der Waals surface area (Å²) >= 11 is 14.8. The number of halogens is 2. The first-order valence-electron chi connectivity index (χ1n) is 9.28. The summed E-state index contributed by atoms with van der Waals surface area (Å²) in [6, 6.07) is 3.54. The second-order valence-electron chi connectivity index (χ2n) is 6.61. The van der Waals surface area contributed by atoms with Crippen LogP contribution in [0.2, 0.25) is 10.0 Å². The topological polar surface area (TPSA) is 78.6 Å². The number of pyridine rings is 1. The van der Waals surface area contributed by atoms with Crippen molar-refractivity contribution in [3.05, 3.63) is 40.3 Å². The number of carbonyl (C=O) groups excluding carboxylic acids is 1. The molecule has 4 aromatic rings. The Morgan fingerprint density at radius 3 is 2.42 bits per heavy atom. The van der Waals surface area contributed by atoms with E-state index in [-0.39, 0.29) is 0 Å². The van der Waals surface area contributed by atoms with E-state index in [4.69, 9.17) is 37.7 Å². The van der Waals surface area contributed by atoms with Gasteiger partial charge in [0.25, 0.3) is 0 Å². The number of methoxy groups -OCH3 is 2. The van der Waals surface area contributed by atoms with E-state index in [2.05, 4.69) is 9.97 Å². The van der Waals surface area contributed by atoms with Gasteiger partial charge in [0.05, 0.1) is 30.0 Å². The first kappa shape index (κ1) is 21.7. The lowest BCUT2D eigenvalue weighted by molar-refractivity contribution is -0.107. The zero-order chi connectivity index (χ0) is 22.1. The summed E-state index contributed by atoms with van der Waals surface area (Å²) in [7, 11) is 3.05. The highest BCUT2D eigenvalue weighted by Crippen LogP contribution is 2.47. The molecule has 0 saturated heterocycles. The van der Waals surface area contributed by atoms with Crippen LogP contribution >= 0.6 is 35.0 Å². The number of aryl methyl sites for hydroxylation is 1. The van der Waals surface area contributed by atoms with Gasteiger partial charge in [0.2, 0.25) is 0 Å². The maximum Gasteiger partial charge on any atom is 0.189 e. The Labute approximate surface area is 192 Å². The van der Waals surface area contributed by atoms with Crippen molar-refractivity contribution in [2.45, 2.75) is 18.0 Å². The van der Waals surface area contributed by atoms with Crippen molar-refractivity contribution in [3.63, 3.8) is 0 Å². The number of hydrogen-bond donors (Lipinski definition) is 0. The van der Waals surface area contributed by atoms with E-state index in [1.807, 2.05) is 22.9 Å². The third-order valence-corrected chi connectivity index (χ3v) is 6.15. The SMILES string of the molecule is COc1cc(OC)c(Cl)c(-c2cc3cnc(SC)nc3n3cc(CCC=O)nc23)c1Cl. The Bertz CT molecular complexity index is 1280. The number of aldehydes is 1. The number of rotatable bonds is 7. The van der Waals surface area contributed by atoms with Crippen molar-refractivity contribution in [2.24, 2.45) is 0 Å². The normalized spacial score (nSPS) is 11.3. The van der Waals surface area contributed by atoms with Gasteiger partial charge in [-0.3, -0.25) is 4.40 Å². The predicted octanol–water partition coefficient (Wildman–Crippen LogP) is 5.12. The number of thioether (sulfide) groups is 1. The van der Waals surface area contributed by atoms with E-state index in [0.717, 1.165) is 17.4 Å². The fourth-order valence-electron chi connectivity index (χ4n) is 3.39. The lowest BCUT2D eigenvalue weighted by atomic mass is 10.0. The Kier molecular flexibility index (Phi) is 6.22. The number of imidazole rings is 1. The largest absolute Gasteiger partial charge is 0.495 e. The number of carbonyl (C=O) groups is 1. The highest BCUT2D eigenvalue weighted by molar-refractivity contribution is 7.98. The number of nitrogens with zero attached hydrogens (tertiary/aromatic N) is 4. The molecule has 0 N–H and O–H groups in total. The van der Waals surface area contributed by atoms with Crippen LogP contribution < -0.4 is 9.47 Å². The maximum absolute atomic E-state index is 10.9. The standard InChI is InChI=1S/C21H18Cl2N4O3S/c1-29-14-8-15(30-2)18(23)16(17(14)22)13-7-11-9-24-21(31-3)26-19(11)27-10-12(5-4-6-28)25-20(13)27/h6-10H,4-5H2,1-3H3. The molecule has 0 saturated carbocycles. The molecule has 0 spiro atoms. The number of benzene rings is 1. The average molecular weight is 477 g/mol. The molecule has 31 heavy (non-hydrogen) atoms. The fraction of sp³-hybridized carbons (Fsp3) is 0.238. The molecule has 7 nitrogen and oxygen atoms in total. The number of fused-ring (bicyclic) bond motifs is 3. The highest BCUT2D eigenvalue weighted by Gasteiger charge is 2.23. The molecule has 0 unspecified atom stereocenters. The Morgan fingerprint density at radius 1 is 1.10 bits per heavy atom. The summed E-state index contributed by atoms with van der Waals surface area (Å²) in [6.07, 6.45) is 7.30. The van der Waals surface area contributed by atoms with E-state index in [0.29, 0.717) is 62.0 Å². The molecule has 10 heteroatoms. The zero-order valence-corrected chi connectivity index (χ0v) is 19.3. The third kappa shape index (κ3) is 3.79. The fourth-order valence-corrected chi connectivity index (χ4v) is 4.43. The van der Waals surface area contributed by atoms with Crippen LogP contribution in [0, 0.1) is 0 Å². The van der Waals surface area contributed by atoms with Gasteiger partial charge in [0.15, 0.2) is 5.16 Å². The third-order valence-electron chi connectivity index (χ3n) is 4.84. The van der Waals surface area contributed by atoms with Crippen LogP contribution in [0.3, 0.4) is 0 Å². The van der Waals surface area contributed by atoms with Crippen LogP contribution in [0.1, 0.15) is 12.1 Å². The summed E-state index contributed by atoms with van der Waals surface area (Å²) in [5.41, 5.74) is 3.28. The van der Waals surface area contributed by atoms with Gasteiger partial charge >= 0.3 is 0 Å². The van der Waals surface area contributed by atoms with Gasteiger partial charge < -0.3 is 14.3 Å². The molecule has 0 fully saturated rings. The second-order valence-corrected chi connectivity index (χ2v) is 8.14. The van der Waals surface area contributed by atoms with E-state index in [9.17, 15) is 4.79 Å². The van der Waals surface area contributed by atoms with Crippen molar-refractivity contribution in [3.8, 4) is 22.6 Å². The second kappa shape index (κ2) is 8.90. The van der Waals surface area contributed by atoms with Gasteiger partial charge in [0, 0.05) is 41.4 Å². The van der Waals surface area contributed by atoms with Crippen LogP contribution in [0.25, 0.3) is 27.8 Å². The van der Waals surface area contributed by atoms with E-state index in [1.54, 1.807) is 12.3 Å². The first-order valence-corrected chi connectivity index (χ1v) is 11.3. The molecule has 3 heterocycles. The minimum atomic E-state index is 0.341. The Balaban J connectivity index is 2.11. The molecule has 0 atom stereocenters. The Hall–Kier alpha value is -2.55. The molecule has 1 aromatic carbocycles. The molecule has 0 radical (unpaired) electrons. The molecular formula is C21H18Cl2N4O3S. The van der Waals surface area contributed by atoms with Crippen LogP contribution in [0.15, 0.2) is 29.7 Å². The predicted molar refractivity (Wildman–Crippen MR) is 123 cm³/mol.